The molecule has 2 saturated heterocycles. The minimum absolute atomic E-state index is 0.150. The van der Waals surface area contributed by atoms with Crippen molar-refractivity contribution < 1.29 is 9.18 Å². The van der Waals surface area contributed by atoms with E-state index in [9.17, 15) is 9.18 Å². The third-order valence-electron chi connectivity index (χ3n) is 8.48. The number of likely N-dealkylation sites (tertiary alicyclic amines) is 2. The average Bonchev–Trinajstić information content (AvgIpc) is 3.69. The number of hydrogen-bond donors (Lipinski definition) is 0. The van der Waals surface area contributed by atoms with Crippen molar-refractivity contribution in [2.24, 2.45) is 5.92 Å². The second-order valence-electron chi connectivity index (χ2n) is 10.6. The van der Waals surface area contributed by atoms with Crippen LogP contribution in [0.4, 0.5) is 4.39 Å². The summed E-state index contributed by atoms with van der Waals surface area (Å²) in [5.41, 5.74) is 4.48. The normalized spacial score (nSPS) is 21.2. The third-order valence-corrected chi connectivity index (χ3v) is 9.18. The Labute approximate surface area is 222 Å². The van der Waals surface area contributed by atoms with E-state index in [2.05, 4.69) is 56.4 Å². The minimum atomic E-state index is -0.167. The number of nitrogens with zero attached hydrogens (tertiary/aromatic N) is 3. The lowest BCUT2D eigenvalue weighted by atomic mass is 9.87. The smallest absolute Gasteiger partial charge is 0.256 e. The van der Waals surface area contributed by atoms with E-state index < -0.39 is 0 Å². The number of rotatable bonds is 6. The van der Waals surface area contributed by atoms with E-state index in [4.69, 9.17) is 0 Å². The molecule has 2 aliphatic rings. The molecule has 2 aromatic carbocycles. The fourth-order valence-corrected chi connectivity index (χ4v) is 7.19. The summed E-state index contributed by atoms with van der Waals surface area (Å²) in [6.45, 7) is 7.64. The second kappa shape index (κ2) is 10.4. The molecule has 4 nitrogen and oxygen atoms in total. The van der Waals surface area contributed by atoms with Gasteiger partial charge < -0.3 is 14.4 Å². The van der Waals surface area contributed by atoms with Crippen LogP contribution in [0.2, 0.25) is 0 Å². The van der Waals surface area contributed by atoms with E-state index in [0.717, 1.165) is 68.6 Å². The molecule has 2 fully saturated rings. The number of aromatic nitrogens is 1. The molecule has 192 valence electrons. The van der Waals surface area contributed by atoms with Gasteiger partial charge in [0, 0.05) is 43.7 Å². The molecule has 2 aromatic heterocycles. The molecule has 0 saturated carbocycles. The summed E-state index contributed by atoms with van der Waals surface area (Å²) in [6, 6.07) is 17.5. The Morgan fingerprint density at radius 3 is 2.54 bits per heavy atom. The Balaban J connectivity index is 1.18. The van der Waals surface area contributed by atoms with Crippen LogP contribution in [0.3, 0.4) is 0 Å². The monoisotopic (exact) mass is 515 g/mol. The van der Waals surface area contributed by atoms with Crippen LogP contribution in [-0.2, 0) is 6.54 Å². The Hall–Kier alpha value is -2.96. The molecule has 4 aromatic rings. The van der Waals surface area contributed by atoms with Crippen LogP contribution < -0.4 is 0 Å². The van der Waals surface area contributed by atoms with Gasteiger partial charge in [-0.15, -0.1) is 0 Å². The second-order valence-corrected chi connectivity index (χ2v) is 11.4. The highest BCUT2D eigenvalue weighted by molar-refractivity contribution is 7.08. The Kier molecular flexibility index (Phi) is 6.87. The highest BCUT2D eigenvalue weighted by Crippen LogP contribution is 2.37. The van der Waals surface area contributed by atoms with E-state index in [0.29, 0.717) is 17.8 Å². The molecule has 6 rings (SSSR count). The fourth-order valence-electron chi connectivity index (χ4n) is 6.47. The van der Waals surface area contributed by atoms with Crippen LogP contribution in [-0.4, -0.2) is 53.0 Å². The zero-order valence-electron chi connectivity index (χ0n) is 21.4. The maximum atomic E-state index is 13.9. The molecule has 0 spiro atoms. The quantitative estimate of drug-likeness (QED) is 0.290. The summed E-state index contributed by atoms with van der Waals surface area (Å²) in [4.78, 5) is 18.6. The van der Waals surface area contributed by atoms with Crippen LogP contribution in [0.15, 0.2) is 71.6 Å². The highest BCUT2D eigenvalue weighted by Gasteiger charge is 2.38. The molecule has 2 atom stereocenters. The molecule has 0 radical (unpaired) electrons. The molecule has 6 heteroatoms. The van der Waals surface area contributed by atoms with Gasteiger partial charge in [-0.25, -0.2) is 4.39 Å². The lowest BCUT2D eigenvalue weighted by Crippen LogP contribution is -2.38. The van der Waals surface area contributed by atoms with Gasteiger partial charge in [-0.05, 0) is 96.9 Å². The first-order valence-electron chi connectivity index (χ1n) is 13.5. The number of amides is 1. The fraction of sp³-hybridized carbons (Fsp3) is 0.387. The lowest BCUT2D eigenvalue weighted by molar-refractivity contribution is 0.0783. The third kappa shape index (κ3) is 4.85. The molecule has 1 amide bonds. The Bertz CT molecular complexity index is 1360. The van der Waals surface area contributed by atoms with Crippen LogP contribution >= 0.6 is 11.3 Å². The first-order chi connectivity index (χ1) is 18.1. The standard InChI is InChI=1S/C31H34FN3OS/c1-2-34-16-12-24-4-3-5-28(30(24)34)31(36)35-19-26(29(20-35)25-13-17-37-21-25)18-33-14-10-23(11-15-33)22-6-8-27(32)9-7-22/h3-9,12-13,16-17,21,23,26,29H,2,10-11,14-15,18-20H2,1H3/t26-,29+/m1/s1. The summed E-state index contributed by atoms with van der Waals surface area (Å²) in [5, 5.41) is 5.54. The number of benzene rings is 2. The Morgan fingerprint density at radius 2 is 1.81 bits per heavy atom. The number of carbonyl (C=O) groups is 1. The van der Waals surface area contributed by atoms with E-state index in [1.54, 1.807) is 23.5 Å². The zero-order chi connectivity index (χ0) is 25.4. The lowest BCUT2D eigenvalue weighted by Gasteiger charge is -2.34. The SMILES string of the molecule is CCn1ccc2cccc(C(=O)N3C[C@@H](CN4CCC(c5ccc(F)cc5)CC4)[C@H](c4ccsc4)C3)c21. The zero-order valence-corrected chi connectivity index (χ0v) is 22.2. The summed E-state index contributed by atoms with van der Waals surface area (Å²) in [6.07, 6.45) is 4.28. The first kappa shape index (κ1) is 24.4. The van der Waals surface area contributed by atoms with Crippen molar-refractivity contribution in [1.82, 2.24) is 14.4 Å². The number of hydrogen-bond acceptors (Lipinski definition) is 3. The number of piperidine rings is 1. The van der Waals surface area contributed by atoms with Crippen molar-refractivity contribution in [1.29, 1.82) is 0 Å². The molecule has 0 aliphatic carbocycles. The van der Waals surface area contributed by atoms with Gasteiger partial charge in [0.2, 0.25) is 0 Å². The summed E-state index contributed by atoms with van der Waals surface area (Å²) in [5.74, 6) is 1.26. The molecular formula is C31H34FN3OS. The van der Waals surface area contributed by atoms with E-state index in [1.165, 1.54) is 11.1 Å². The van der Waals surface area contributed by atoms with Gasteiger partial charge in [0.25, 0.3) is 5.91 Å². The van der Waals surface area contributed by atoms with Crippen LogP contribution in [0.5, 0.6) is 0 Å². The van der Waals surface area contributed by atoms with Crippen LogP contribution in [0, 0.1) is 11.7 Å². The van der Waals surface area contributed by atoms with Crippen molar-refractivity contribution in [3.63, 3.8) is 0 Å². The summed E-state index contributed by atoms with van der Waals surface area (Å²) < 4.78 is 15.5. The van der Waals surface area contributed by atoms with Gasteiger partial charge in [-0.3, -0.25) is 4.79 Å². The minimum Gasteiger partial charge on any atom is -0.347 e. The van der Waals surface area contributed by atoms with Crippen LogP contribution in [0.1, 0.15) is 53.1 Å². The summed E-state index contributed by atoms with van der Waals surface area (Å²) >= 11 is 1.74. The first-order valence-corrected chi connectivity index (χ1v) is 14.4. The molecule has 0 unspecified atom stereocenters. The van der Waals surface area contributed by atoms with E-state index in [-0.39, 0.29) is 11.7 Å². The van der Waals surface area contributed by atoms with Gasteiger partial charge in [0.05, 0.1) is 11.1 Å². The molecule has 4 heterocycles. The maximum Gasteiger partial charge on any atom is 0.256 e. The van der Waals surface area contributed by atoms with Gasteiger partial charge in [0.15, 0.2) is 0 Å². The van der Waals surface area contributed by atoms with Gasteiger partial charge in [-0.1, -0.05) is 24.3 Å². The number of para-hydroxylation sites is 1. The van der Waals surface area contributed by atoms with Gasteiger partial charge in [0.1, 0.15) is 5.82 Å². The van der Waals surface area contributed by atoms with Crippen molar-refractivity contribution in [2.75, 3.05) is 32.7 Å². The van der Waals surface area contributed by atoms with Crippen molar-refractivity contribution in [3.8, 4) is 0 Å². The van der Waals surface area contributed by atoms with Crippen molar-refractivity contribution in [3.05, 3.63) is 94.1 Å². The molecular weight excluding hydrogens is 481 g/mol. The topological polar surface area (TPSA) is 28.5 Å². The number of aryl methyl sites for hydroxylation is 1. The summed E-state index contributed by atoms with van der Waals surface area (Å²) in [7, 11) is 0. The largest absolute Gasteiger partial charge is 0.347 e. The van der Waals surface area contributed by atoms with E-state index >= 15 is 0 Å². The highest BCUT2D eigenvalue weighted by atomic mass is 32.1. The van der Waals surface area contributed by atoms with Gasteiger partial charge >= 0.3 is 0 Å². The van der Waals surface area contributed by atoms with Gasteiger partial charge in [-0.2, -0.15) is 11.3 Å². The Morgan fingerprint density at radius 1 is 1.00 bits per heavy atom. The predicted octanol–water partition coefficient (Wildman–Crippen LogP) is 6.60. The predicted molar refractivity (Wildman–Crippen MR) is 149 cm³/mol. The molecule has 0 N–H and O–H groups in total. The van der Waals surface area contributed by atoms with Crippen molar-refractivity contribution >= 4 is 28.1 Å². The molecule has 37 heavy (non-hydrogen) atoms. The average molecular weight is 516 g/mol. The maximum absolute atomic E-state index is 13.9. The molecule has 0 bridgehead atoms. The number of carbonyl (C=O) groups excluding carboxylic acids is 1. The molecule has 2 aliphatic heterocycles. The van der Waals surface area contributed by atoms with Crippen molar-refractivity contribution in [2.45, 2.75) is 38.1 Å². The number of halogens is 1. The van der Waals surface area contributed by atoms with Crippen LogP contribution in [0.25, 0.3) is 10.9 Å². The number of fused-ring (bicyclic) bond motifs is 1. The number of thiophene rings is 1. The van der Waals surface area contributed by atoms with E-state index in [1.807, 2.05) is 24.3 Å².